The van der Waals surface area contributed by atoms with Gasteiger partial charge in [-0.2, -0.15) is 0 Å². The Morgan fingerprint density at radius 3 is 2.26 bits per heavy atom. The second kappa shape index (κ2) is 11.2. The average molecular weight is 519 g/mol. The number of ketones is 1. The predicted octanol–water partition coefficient (Wildman–Crippen LogP) is 4.96. The van der Waals surface area contributed by atoms with Gasteiger partial charge in [0, 0.05) is 31.6 Å². The van der Waals surface area contributed by atoms with Crippen LogP contribution in [0.4, 0.5) is 0 Å². The Bertz CT molecular complexity index is 1290. The van der Waals surface area contributed by atoms with Crippen LogP contribution in [0.5, 0.6) is 11.5 Å². The number of carbonyl (C=O) groups is 3. The molecule has 0 radical (unpaired) electrons. The molecule has 1 aliphatic heterocycles. The molecule has 1 fully saturated rings. The number of hydrogen-bond acceptors (Lipinski definition) is 7. The Kier molecular flexibility index (Phi) is 7.99. The molecular weight excluding hydrogens is 484 g/mol. The summed E-state index contributed by atoms with van der Waals surface area (Å²) < 4.78 is 10.7. The SMILES string of the molecule is COc1ccc(CCN=C2CC(C)(C)CC(=O)/C2=C(/O)CCCN2C(=O)c3ccccc3C2=O)cc1OC. The van der Waals surface area contributed by atoms with Crippen molar-refractivity contribution in [3.8, 4) is 11.5 Å². The molecule has 38 heavy (non-hydrogen) atoms. The zero-order chi connectivity index (χ0) is 27.4. The fraction of sp³-hybridized carbons (Fsp3) is 0.400. The van der Waals surface area contributed by atoms with E-state index < -0.39 is 0 Å². The molecule has 0 atom stereocenters. The monoisotopic (exact) mass is 518 g/mol. The Balaban J connectivity index is 1.46. The number of imide groups is 1. The fourth-order valence-electron chi connectivity index (χ4n) is 5.08. The lowest BCUT2D eigenvalue weighted by Gasteiger charge is -2.31. The quantitative estimate of drug-likeness (QED) is 0.286. The number of nitrogens with zero attached hydrogens (tertiary/aromatic N) is 2. The van der Waals surface area contributed by atoms with E-state index in [0.717, 1.165) is 5.56 Å². The summed E-state index contributed by atoms with van der Waals surface area (Å²) in [6, 6.07) is 12.4. The van der Waals surface area contributed by atoms with E-state index in [1.54, 1.807) is 38.5 Å². The summed E-state index contributed by atoms with van der Waals surface area (Å²) in [6.45, 7) is 4.64. The molecule has 8 nitrogen and oxygen atoms in total. The average Bonchev–Trinajstić information content (AvgIpc) is 3.12. The van der Waals surface area contributed by atoms with E-state index in [4.69, 9.17) is 14.5 Å². The molecule has 1 N–H and O–H groups in total. The van der Waals surface area contributed by atoms with Gasteiger partial charge in [-0.15, -0.1) is 0 Å². The number of amides is 2. The molecule has 1 heterocycles. The van der Waals surface area contributed by atoms with Crippen LogP contribution in [0.15, 0.2) is 58.8 Å². The highest BCUT2D eigenvalue weighted by molar-refractivity contribution is 6.24. The predicted molar refractivity (Wildman–Crippen MR) is 144 cm³/mol. The molecular formula is C30H34N2O6. The summed E-state index contributed by atoms with van der Waals surface area (Å²) in [5.41, 5.74) is 2.43. The van der Waals surface area contributed by atoms with Crippen LogP contribution in [0.1, 0.15) is 65.8 Å². The van der Waals surface area contributed by atoms with Gasteiger partial charge in [-0.25, -0.2) is 0 Å². The van der Waals surface area contributed by atoms with E-state index in [-0.39, 0.29) is 47.3 Å². The van der Waals surface area contributed by atoms with Crippen LogP contribution in [-0.4, -0.2) is 60.6 Å². The normalized spacial score (nSPS) is 19.1. The van der Waals surface area contributed by atoms with E-state index in [9.17, 15) is 19.5 Å². The molecule has 1 saturated carbocycles. The minimum Gasteiger partial charge on any atom is -0.511 e. The number of aliphatic imine (C=N–C) groups is 1. The molecule has 4 rings (SSSR count). The van der Waals surface area contributed by atoms with E-state index in [1.807, 2.05) is 32.0 Å². The smallest absolute Gasteiger partial charge is 0.261 e. The maximum Gasteiger partial charge on any atom is 0.261 e. The van der Waals surface area contributed by atoms with Crippen LogP contribution in [-0.2, 0) is 11.2 Å². The van der Waals surface area contributed by atoms with E-state index in [0.29, 0.717) is 60.6 Å². The molecule has 0 saturated heterocycles. The highest BCUT2D eigenvalue weighted by atomic mass is 16.5. The second-order valence-electron chi connectivity index (χ2n) is 10.4. The van der Waals surface area contributed by atoms with Crippen LogP contribution in [0.25, 0.3) is 0 Å². The van der Waals surface area contributed by atoms with E-state index >= 15 is 0 Å². The maximum atomic E-state index is 13.1. The molecule has 0 spiro atoms. The fourth-order valence-corrected chi connectivity index (χ4v) is 5.08. The Labute approximate surface area is 223 Å². The number of aliphatic hydroxyl groups is 1. The first-order valence-electron chi connectivity index (χ1n) is 12.8. The minimum atomic E-state index is -0.328. The van der Waals surface area contributed by atoms with Crippen LogP contribution in [0.3, 0.4) is 0 Å². The van der Waals surface area contributed by atoms with Crippen LogP contribution < -0.4 is 9.47 Å². The number of ether oxygens (including phenoxy) is 2. The number of hydrogen-bond donors (Lipinski definition) is 1. The molecule has 1 aliphatic carbocycles. The van der Waals surface area contributed by atoms with Crippen molar-refractivity contribution in [1.82, 2.24) is 4.90 Å². The van der Waals surface area contributed by atoms with Crippen molar-refractivity contribution < 1.29 is 29.0 Å². The van der Waals surface area contributed by atoms with Crippen LogP contribution >= 0.6 is 0 Å². The number of Topliss-reactive ketones (excluding diaryl/α,β-unsaturated/α-hetero) is 1. The number of methoxy groups -OCH3 is 2. The van der Waals surface area contributed by atoms with Gasteiger partial charge in [-0.1, -0.05) is 32.0 Å². The summed E-state index contributed by atoms with van der Waals surface area (Å²) in [5.74, 6) is 0.467. The topological polar surface area (TPSA) is 106 Å². The van der Waals surface area contributed by atoms with Crippen molar-refractivity contribution in [3.05, 3.63) is 70.5 Å². The largest absolute Gasteiger partial charge is 0.511 e. The lowest BCUT2D eigenvalue weighted by Crippen LogP contribution is -2.33. The van der Waals surface area contributed by atoms with Gasteiger partial charge in [0.25, 0.3) is 11.8 Å². The third-order valence-electron chi connectivity index (χ3n) is 6.97. The number of rotatable bonds is 9. The molecule has 2 aromatic rings. The number of allylic oxidation sites excluding steroid dienone is 2. The van der Waals surface area contributed by atoms with Gasteiger partial charge in [0.1, 0.15) is 5.76 Å². The molecule has 2 aromatic carbocycles. The Morgan fingerprint density at radius 1 is 0.974 bits per heavy atom. The molecule has 2 aliphatic rings. The number of carbonyl (C=O) groups excluding carboxylic acids is 3. The Hall–Kier alpha value is -3.94. The zero-order valence-electron chi connectivity index (χ0n) is 22.4. The summed E-state index contributed by atoms with van der Waals surface area (Å²) in [6.07, 6.45) is 2.04. The first kappa shape index (κ1) is 27.1. The van der Waals surface area contributed by atoms with Crippen LogP contribution in [0.2, 0.25) is 0 Å². The number of aliphatic hydroxyl groups excluding tert-OH is 1. The van der Waals surface area contributed by atoms with Crippen LogP contribution in [0, 0.1) is 5.41 Å². The summed E-state index contributed by atoms with van der Waals surface area (Å²) in [4.78, 5) is 44.3. The van der Waals surface area contributed by atoms with Gasteiger partial charge in [-0.3, -0.25) is 24.3 Å². The molecule has 2 amide bonds. The summed E-state index contributed by atoms with van der Waals surface area (Å²) >= 11 is 0. The lowest BCUT2D eigenvalue weighted by molar-refractivity contribution is -0.117. The summed E-state index contributed by atoms with van der Waals surface area (Å²) in [5, 5.41) is 11.0. The van der Waals surface area contributed by atoms with Crippen molar-refractivity contribution in [1.29, 1.82) is 0 Å². The molecule has 0 aromatic heterocycles. The van der Waals surface area contributed by atoms with Crippen molar-refractivity contribution in [2.75, 3.05) is 27.3 Å². The standard InChI is InChI=1S/C30H34N2O6/c1-30(2)17-22(31-14-13-19-11-12-25(37-3)26(16-19)38-4)27(24(34)18-30)23(33)10-7-15-32-28(35)20-8-5-6-9-21(20)29(32)36/h5-6,8-9,11-12,16,33H,7,10,13-15,17-18H2,1-4H3/b27-23+,31-22?. The highest BCUT2D eigenvalue weighted by Crippen LogP contribution is 2.36. The maximum absolute atomic E-state index is 13.1. The third-order valence-corrected chi connectivity index (χ3v) is 6.97. The van der Waals surface area contributed by atoms with Gasteiger partial charge in [0.05, 0.1) is 30.9 Å². The third kappa shape index (κ3) is 5.64. The van der Waals surface area contributed by atoms with Crippen molar-refractivity contribution >= 4 is 23.3 Å². The molecule has 200 valence electrons. The van der Waals surface area contributed by atoms with Crippen molar-refractivity contribution in [2.24, 2.45) is 10.4 Å². The summed E-state index contributed by atoms with van der Waals surface area (Å²) in [7, 11) is 3.18. The minimum absolute atomic E-state index is 0.0352. The van der Waals surface area contributed by atoms with Crippen molar-refractivity contribution in [3.63, 3.8) is 0 Å². The molecule has 8 heteroatoms. The second-order valence-corrected chi connectivity index (χ2v) is 10.4. The number of benzene rings is 2. The highest BCUT2D eigenvalue weighted by Gasteiger charge is 2.37. The number of fused-ring (bicyclic) bond motifs is 1. The molecule has 0 bridgehead atoms. The lowest BCUT2D eigenvalue weighted by atomic mass is 9.73. The van der Waals surface area contributed by atoms with Gasteiger partial charge in [0.2, 0.25) is 0 Å². The zero-order valence-corrected chi connectivity index (χ0v) is 22.4. The first-order chi connectivity index (χ1) is 18.1. The van der Waals surface area contributed by atoms with E-state index in [1.165, 1.54) is 4.90 Å². The van der Waals surface area contributed by atoms with Gasteiger partial charge in [0.15, 0.2) is 17.3 Å². The first-order valence-corrected chi connectivity index (χ1v) is 12.8. The Morgan fingerprint density at radius 2 is 1.63 bits per heavy atom. The van der Waals surface area contributed by atoms with Crippen molar-refractivity contribution in [2.45, 2.75) is 46.0 Å². The molecule has 0 unspecified atom stereocenters. The van der Waals surface area contributed by atoms with Gasteiger partial charge < -0.3 is 14.6 Å². The van der Waals surface area contributed by atoms with Gasteiger partial charge >= 0.3 is 0 Å². The van der Waals surface area contributed by atoms with E-state index in [2.05, 4.69) is 0 Å². The van der Waals surface area contributed by atoms with Gasteiger partial charge in [-0.05, 0) is 54.5 Å².